The first kappa shape index (κ1) is 26.1. The molecule has 1 saturated carbocycles. The fourth-order valence-corrected chi connectivity index (χ4v) is 5.33. The normalized spacial score (nSPS) is 17.4. The molecule has 1 aliphatic carbocycles. The van der Waals surface area contributed by atoms with Gasteiger partial charge in [-0.15, -0.1) is 0 Å². The first-order valence-corrected chi connectivity index (χ1v) is 13.4. The quantitative estimate of drug-likeness (QED) is 0.360. The topological polar surface area (TPSA) is 39.3 Å². The maximum Gasteiger partial charge on any atom is 0.330 e. The van der Waals surface area contributed by atoms with Crippen LogP contribution in [0, 0.1) is 5.92 Å². The average Bonchev–Trinajstić information content (AvgIpc) is 2.92. The van der Waals surface area contributed by atoms with Gasteiger partial charge in [-0.2, -0.15) is 0 Å². The van der Waals surface area contributed by atoms with E-state index in [2.05, 4.69) is 76.2 Å². The maximum absolute atomic E-state index is 11.6. The van der Waals surface area contributed by atoms with E-state index in [9.17, 15) is 4.79 Å². The van der Waals surface area contributed by atoms with Gasteiger partial charge in [0.05, 0.1) is 13.8 Å². The highest BCUT2D eigenvalue weighted by molar-refractivity contribution is 5.87. The predicted octanol–water partition coefficient (Wildman–Crippen LogP) is 5.11. The van der Waals surface area contributed by atoms with Crippen molar-refractivity contribution in [2.24, 2.45) is 5.92 Å². The predicted molar refractivity (Wildman–Crippen MR) is 151 cm³/mol. The number of hydrogen-bond acceptors (Lipinski definition) is 6. The van der Waals surface area contributed by atoms with Gasteiger partial charge in [0.2, 0.25) is 0 Å². The summed E-state index contributed by atoms with van der Waals surface area (Å²) in [5.74, 6) is 0.429. The van der Waals surface area contributed by atoms with Gasteiger partial charge in [-0.3, -0.25) is 4.90 Å². The smallest absolute Gasteiger partial charge is 0.330 e. The number of ether oxygens (including phenoxy) is 1. The molecule has 0 atom stereocenters. The Morgan fingerprint density at radius 2 is 1.69 bits per heavy atom. The van der Waals surface area contributed by atoms with Gasteiger partial charge >= 0.3 is 5.97 Å². The Morgan fingerprint density at radius 1 is 0.972 bits per heavy atom. The molecule has 0 bridgehead atoms. The second-order valence-corrected chi connectivity index (χ2v) is 10.3. The van der Waals surface area contributed by atoms with Crippen LogP contribution in [0.3, 0.4) is 0 Å². The summed E-state index contributed by atoms with van der Waals surface area (Å²) in [5.41, 5.74) is 4.80. The fourth-order valence-electron chi connectivity index (χ4n) is 5.33. The molecule has 2 aromatic rings. The molecule has 0 unspecified atom stereocenters. The summed E-state index contributed by atoms with van der Waals surface area (Å²) in [6.07, 6.45) is 10.1. The van der Waals surface area contributed by atoms with Crippen LogP contribution in [0.1, 0.15) is 37.7 Å². The van der Waals surface area contributed by atoms with E-state index >= 15 is 0 Å². The largest absolute Gasteiger partial charge is 0.466 e. The minimum atomic E-state index is -0.325. The number of hydrogen-bond donors (Lipinski definition) is 0. The lowest BCUT2D eigenvalue weighted by molar-refractivity contribution is -0.134. The summed E-state index contributed by atoms with van der Waals surface area (Å²) in [6, 6.07) is 17.4. The standard InChI is InChI=1S/C30H42N4O2/c1-31(2)27-13-15-28(16-14-27)33-20-18-32(19-21-33)24-34(23-26-8-5-4-6-9-26)29-11-7-10-25(22-29)12-17-30(35)36-3/h7,10-17,22,26H,4-6,8-9,18-21,23-24H2,1-3H3. The van der Waals surface area contributed by atoms with Crippen LogP contribution < -0.4 is 14.7 Å². The van der Waals surface area contributed by atoms with Crippen LogP contribution in [-0.2, 0) is 9.53 Å². The summed E-state index contributed by atoms with van der Waals surface area (Å²) >= 11 is 0. The van der Waals surface area contributed by atoms with E-state index in [0.717, 1.165) is 50.9 Å². The van der Waals surface area contributed by atoms with Gasteiger partial charge in [0.25, 0.3) is 0 Å². The van der Waals surface area contributed by atoms with Crippen LogP contribution in [-0.4, -0.2) is 71.5 Å². The minimum Gasteiger partial charge on any atom is -0.466 e. The van der Waals surface area contributed by atoms with E-state index in [0.29, 0.717) is 0 Å². The molecular weight excluding hydrogens is 448 g/mol. The second kappa shape index (κ2) is 12.8. The van der Waals surface area contributed by atoms with Gasteiger partial charge in [0, 0.05) is 70.0 Å². The molecule has 0 N–H and O–H groups in total. The Bertz CT molecular complexity index is 990. The third-order valence-corrected chi connectivity index (χ3v) is 7.53. The molecule has 1 aliphatic heterocycles. The summed E-state index contributed by atoms with van der Waals surface area (Å²) in [5, 5.41) is 0. The number of benzene rings is 2. The van der Waals surface area contributed by atoms with Crippen molar-refractivity contribution in [1.82, 2.24) is 4.90 Å². The van der Waals surface area contributed by atoms with Crippen molar-refractivity contribution in [1.29, 1.82) is 0 Å². The third kappa shape index (κ3) is 7.26. The van der Waals surface area contributed by atoms with Crippen LogP contribution in [0.25, 0.3) is 6.08 Å². The number of nitrogens with zero attached hydrogens (tertiary/aromatic N) is 4. The maximum atomic E-state index is 11.6. The second-order valence-electron chi connectivity index (χ2n) is 10.3. The first-order valence-electron chi connectivity index (χ1n) is 13.4. The zero-order valence-corrected chi connectivity index (χ0v) is 22.2. The van der Waals surface area contributed by atoms with Crippen molar-refractivity contribution >= 4 is 29.1 Å². The zero-order valence-electron chi connectivity index (χ0n) is 22.2. The van der Waals surface area contributed by atoms with Crippen molar-refractivity contribution < 1.29 is 9.53 Å². The van der Waals surface area contributed by atoms with Crippen LogP contribution in [0.2, 0.25) is 0 Å². The van der Waals surface area contributed by atoms with E-state index in [-0.39, 0.29) is 5.97 Å². The molecular formula is C30H42N4O2. The Labute approximate surface area is 217 Å². The third-order valence-electron chi connectivity index (χ3n) is 7.53. The molecule has 2 fully saturated rings. The Kier molecular flexibility index (Phi) is 9.29. The molecule has 6 nitrogen and oxygen atoms in total. The van der Waals surface area contributed by atoms with E-state index in [4.69, 9.17) is 4.74 Å². The van der Waals surface area contributed by atoms with Gasteiger partial charge in [-0.1, -0.05) is 31.4 Å². The molecule has 2 aromatic carbocycles. The molecule has 0 aromatic heterocycles. The van der Waals surface area contributed by atoms with Crippen LogP contribution in [0.4, 0.5) is 17.1 Å². The highest BCUT2D eigenvalue weighted by atomic mass is 16.5. The van der Waals surface area contributed by atoms with Gasteiger partial charge < -0.3 is 19.4 Å². The fraction of sp³-hybridized carbons (Fsp3) is 0.500. The van der Waals surface area contributed by atoms with Gasteiger partial charge in [-0.25, -0.2) is 4.79 Å². The summed E-state index contributed by atoms with van der Waals surface area (Å²) in [4.78, 5) is 21.4. The lowest BCUT2D eigenvalue weighted by Crippen LogP contribution is -2.51. The number of rotatable bonds is 9. The summed E-state index contributed by atoms with van der Waals surface area (Å²) in [6.45, 7) is 6.22. The number of esters is 1. The average molecular weight is 491 g/mol. The van der Waals surface area contributed by atoms with Crippen LogP contribution in [0.15, 0.2) is 54.6 Å². The SMILES string of the molecule is COC(=O)C=Cc1cccc(N(CC2CCCCC2)CN2CCN(c3ccc(N(C)C)cc3)CC2)c1. The minimum absolute atomic E-state index is 0.325. The summed E-state index contributed by atoms with van der Waals surface area (Å²) < 4.78 is 4.76. The highest BCUT2D eigenvalue weighted by Gasteiger charge is 2.23. The van der Waals surface area contributed by atoms with Crippen molar-refractivity contribution in [3.8, 4) is 0 Å². The molecule has 0 radical (unpaired) electrons. The molecule has 0 spiro atoms. The molecule has 194 valence electrons. The number of methoxy groups -OCH3 is 1. The number of carbonyl (C=O) groups excluding carboxylic acids is 1. The van der Waals surface area contributed by atoms with E-state index in [1.807, 2.05) is 12.1 Å². The van der Waals surface area contributed by atoms with E-state index < -0.39 is 0 Å². The van der Waals surface area contributed by atoms with E-state index in [1.165, 1.54) is 62.4 Å². The van der Waals surface area contributed by atoms with Crippen LogP contribution >= 0.6 is 0 Å². The number of anilines is 3. The Hall–Kier alpha value is -2.99. The van der Waals surface area contributed by atoms with Crippen molar-refractivity contribution in [3.63, 3.8) is 0 Å². The van der Waals surface area contributed by atoms with Crippen molar-refractivity contribution in [2.45, 2.75) is 32.1 Å². The van der Waals surface area contributed by atoms with E-state index in [1.54, 1.807) is 0 Å². The Morgan fingerprint density at radius 3 is 2.36 bits per heavy atom. The monoisotopic (exact) mass is 490 g/mol. The van der Waals surface area contributed by atoms with Crippen molar-refractivity contribution in [3.05, 3.63) is 60.2 Å². The molecule has 6 heteroatoms. The molecule has 0 amide bonds. The van der Waals surface area contributed by atoms with Crippen LogP contribution in [0.5, 0.6) is 0 Å². The molecule has 2 aliphatic rings. The lowest BCUT2D eigenvalue weighted by Gasteiger charge is -2.40. The number of piperazine rings is 1. The lowest BCUT2D eigenvalue weighted by atomic mass is 9.89. The molecule has 1 saturated heterocycles. The highest BCUT2D eigenvalue weighted by Crippen LogP contribution is 2.28. The van der Waals surface area contributed by atoms with Gasteiger partial charge in [-0.05, 0) is 66.8 Å². The molecule has 36 heavy (non-hydrogen) atoms. The Balaban J connectivity index is 1.42. The molecule has 4 rings (SSSR count). The number of carbonyl (C=O) groups is 1. The molecule has 1 heterocycles. The van der Waals surface area contributed by atoms with Crippen molar-refractivity contribution in [2.75, 3.05) is 75.3 Å². The van der Waals surface area contributed by atoms with Gasteiger partial charge in [0.15, 0.2) is 0 Å². The summed E-state index contributed by atoms with van der Waals surface area (Å²) in [7, 11) is 5.57. The zero-order chi connectivity index (χ0) is 25.3. The first-order chi connectivity index (χ1) is 17.5. The van der Waals surface area contributed by atoms with Gasteiger partial charge in [0.1, 0.15) is 0 Å².